The number of carbonyl (C=O) groups is 6. The first-order valence-electron chi connectivity index (χ1n) is 22.5. The number of fused-ring (bicyclic) bond motifs is 2. The van der Waals surface area contributed by atoms with Gasteiger partial charge in [-0.2, -0.15) is 0 Å². The van der Waals surface area contributed by atoms with E-state index in [-0.39, 0.29) is 59.6 Å². The number of rotatable bonds is 10. The van der Waals surface area contributed by atoms with Crippen LogP contribution in [-0.2, 0) is 20.9 Å². The van der Waals surface area contributed by atoms with E-state index in [1.165, 1.54) is 28.5 Å². The first-order chi connectivity index (χ1) is 32.7. The number of piperidine rings is 2. The number of benzene rings is 3. The first-order valence-corrected chi connectivity index (χ1v) is 23.4. The van der Waals surface area contributed by atoms with Crippen LogP contribution < -0.4 is 20.4 Å². The maximum atomic E-state index is 15.8. The Morgan fingerprint density at radius 3 is 2.32 bits per heavy atom. The average molecular weight is 945 g/mol. The van der Waals surface area contributed by atoms with E-state index in [0.29, 0.717) is 46.5 Å². The summed E-state index contributed by atoms with van der Waals surface area (Å²) in [6, 6.07) is 12.2. The second-order valence-corrected chi connectivity index (χ2v) is 19.0. The molecule has 0 saturated carbocycles. The molecular formula is C48H46F2N10O7S. The maximum absolute atomic E-state index is 15.8. The minimum atomic E-state index is -1.35. The Labute approximate surface area is 392 Å². The van der Waals surface area contributed by atoms with Gasteiger partial charge < -0.3 is 19.8 Å². The number of nitrogens with one attached hydrogen (secondary N) is 2. The molecule has 5 aliphatic rings. The highest BCUT2D eigenvalue weighted by molar-refractivity contribution is 7.13. The Kier molecular flexibility index (Phi) is 11.7. The van der Waals surface area contributed by atoms with Gasteiger partial charge in [0.15, 0.2) is 10.9 Å². The summed E-state index contributed by atoms with van der Waals surface area (Å²) in [7, 11) is 0. The van der Waals surface area contributed by atoms with E-state index < -0.39 is 59.2 Å². The minimum Gasteiger partial charge on any atom is -0.508 e. The Bertz CT molecular complexity index is 2870. The van der Waals surface area contributed by atoms with E-state index in [1.54, 1.807) is 17.5 Å². The molecule has 6 amide bonds. The lowest BCUT2D eigenvalue weighted by Crippen LogP contribution is -2.58. The molecule has 3 aromatic carbocycles. The maximum Gasteiger partial charge on any atom is 0.262 e. The SMILES string of the molecule is CC1CN(CC2CCN(c3ccc(-c4ccc5c(c4)C(=O)N(C(C(=O)Nc4nccs4)c4cc(F)ccc4O)C5)nn3)CC2)CC(C)N1c1cc2c(cc1F)C(=O)N(C1CCC(=O)NC1=O)C2=O. The molecule has 3 saturated heterocycles. The largest absolute Gasteiger partial charge is 0.508 e. The van der Waals surface area contributed by atoms with Crippen LogP contribution in [0, 0.1) is 17.6 Å². The number of hydrogen-bond donors (Lipinski definition) is 3. The Hall–Kier alpha value is -7.19. The molecule has 2 aromatic heterocycles. The molecule has 5 aliphatic heterocycles. The topological polar surface area (TPSA) is 202 Å². The molecule has 0 bridgehead atoms. The molecule has 3 fully saturated rings. The zero-order valence-electron chi connectivity index (χ0n) is 37.0. The number of imide groups is 2. The van der Waals surface area contributed by atoms with Crippen molar-refractivity contribution >= 4 is 63.4 Å². The van der Waals surface area contributed by atoms with Gasteiger partial charge >= 0.3 is 0 Å². The van der Waals surface area contributed by atoms with Crippen LogP contribution >= 0.6 is 11.3 Å². The zero-order chi connectivity index (χ0) is 47.5. The van der Waals surface area contributed by atoms with Gasteiger partial charge in [-0.3, -0.25) is 49.2 Å². The van der Waals surface area contributed by atoms with Gasteiger partial charge in [-0.1, -0.05) is 12.1 Å². The number of phenols is 1. The molecule has 0 radical (unpaired) electrons. The number of thiazole rings is 1. The number of halogens is 2. The van der Waals surface area contributed by atoms with Gasteiger partial charge in [-0.25, -0.2) is 13.8 Å². The lowest BCUT2D eigenvalue weighted by atomic mass is 9.94. The molecule has 10 rings (SSSR count). The third kappa shape index (κ3) is 8.20. The summed E-state index contributed by atoms with van der Waals surface area (Å²) in [6.45, 7) is 7.81. The van der Waals surface area contributed by atoms with E-state index in [9.17, 15) is 38.3 Å². The number of amides is 6. The quantitative estimate of drug-likeness (QED) is 0.156. The summed E-state index contributed by atoms with van der Waals surface area (Å²) in [5.41, 5.74) is 2.35. The standard InChI is InChI=1S/C48H46F2N10O7S/c1-25-21-56(22-26(2)59(25)38-20-33-32(19-35(38)50)46(66)60(47(33)67)37-7-10-41(62)52-43(37)63)23-27-11-14-57(15-12-27)40-9-6-36(54-55-40)28-3-4-29-24-58(45(65)31(29)17-28)42(34-18-30(49)5-8-39(34)61)44(64)53-48-51-13-16-68-48/h3-6,8-9,13,16-20,25-27,37,42,61H,7,10-12,14-15,21-24H2,1-2H3,(H,51,53,64)(H,52,62,63). The summed E-state index contributed by atoms with van der Waals surface area (Å²) in [6.07, 6.45) is 3.37. The molecule has 350 valence electrons. The number of piperazine rings is 1. The van der Waals surface area contributed by atoms with Gasteiger partial charge in [0.05, 0.1) is 22.5 Å². The van der Waals surface area contributed by atoms with Gasteiger partial charge in [0, 0.05) is 86.0 Å². The number of anilines is 3. The van der Waals surface area contributed by atoms with Crippen LogP contribution in [0.15, 0.2) is 72.2 Å². The van der Waals surface area contributed by atoms with Crippen molar-refractivity contribution in [2.45, 2.75) is 70.2 Å². The fraction of sp³-hybridized carbons (Fsp3) is 0.354. The molecule has 4 unspecified atom stereocenters. The van der Waals surface area contributed by atoms with Crippen molar-refractivity contribution in [1.29, 1.82) is 0 Å². The molecule has 20 heteroatoms. The number of phenolic OH excluding ortho intramolecular Hbond substituents is 1. The van der Waals surface area contributed by atoms with Crippen molar-refractivity contribution in [2.75, 3.05) is 47.8 Å². The Morgan fingerprint density at radius 1 is 0.882 bits per heavy atom. The Balaban J connectivity index is 0.752. The molecule has 3 N–H and O–H groups in total. The summed E-state index contributed by atoms with van der Waals surface area (Å²) >= 11 is 1.19. The summed E-state index contributed by atoms with van der Waals surface area (Å²) in [5.74, 6) is -4.19. The fourth-order valence-electron chi connectivity index (χ4n) is 10.4. The van der Waals surface area contributed by atoms with Crippen molar-refractivity contribution in [1.82, 2.24) is 35.2 Å². The van der Waals surface area contributed by atoms with Crippen LogP contribution in [-0.4, -0.2) is 121 Å². The Morgan fingerprint density at radius 2 is 1.63 bits per heavy atom. The highest BCUT2D eigenvalue weighted by Crippen LogP contribution is 2.39. The second kappa shape index (κ2) is 17.8. The van der Waals surface area contributed by atoms with E-state index >= 15 is 4.39 Å². The summed E-state index contributed by atoms with van der Waals surface area (Å²) < 4.78 is 30.3. The minimum absolute atomic E-state index is 0.00555. The molecule has 17 nitrogen and oxygen atoms in total. The van der Waals surface area contributed by atoms with Crippen molar-refractivity contribution < 1.29 is 42.7 Å². The zero-order valence-corrected chi connectivity index (χ0v) is 37.8. The van der Waals surface area contributed by atoms with Crippen LogP contribution in [0.4, 0.5) is 25.4 Å². The van der Waals surface area contributed by atoms with Crippen LogP contribution in [0.25, 0.3) is 11.3 Å². The fourth-order valence-corrected chi connectivity index (χ4v) is 11.0. The first kappa shape index (κ1) is 44.6. The summed E-state index contributed by atoms with van der Waals surface area (Å²) in [5, 5.41) is 26.6. The highest BCUT2D eigenvalue weighted by Gasteiger charge is 2.46. The average Bonchev–Trinajstić information content (AvgIpc) is 4.01. The third-order valence-electron chi connectivity index (χ3n) is 13.6. The summed E-state index contributed by atoms with van der Waals surface area (Å²) in [4.78, 5) is 91.5. The predicted molar refractivity (Wildman–Crippen MR) is 245 cm³/mol. The van der Waals surface area contributed by atoms with E-state index in [1.807, 2.05) is 36.9 Å². The van der Waals surface area contributed by atoms with Crippen molar-refractivity contribution in [2.24, 2.45) is 5.92 Å². The lowest BCUT2D eigenvalue weighted by Gasteiger charge is -2.47. The van der Waals surface area contributed by atoms with Crippen LogP contribution in [0.3, 0.4) is 0 Å². The molecule has 5 aromatic rings. The molecule has 4 atom stereocenters. The van der Waals surface area contributed by atoms with E-state index in [2.05, 4.69) is 35.6 Å². The number of aromatic hydroxyl groups is 1. The van der Waals surface area contributed by atoms with Crippen molar-refractivity contribution in [3.63, 3.8) is 0 Å². The lowest BCUT2D eigenvalue weighted by molar-refractivity contribution is -0.136. The van der Waals surface area contributed by atoms with Crippen LogP contribution in [0.5, 0.6) is 5.75 Å². The van der Waals surface area contributed by atoms with Gasteiger partial charge in [0.2, 0.25) is 11.8 Å². The number of carbonyl (C=O) groups excluding carboxylic acids is 6. The van der Waals surface area contributed by atoms with Gasteiger partial charge in [-0.05, 0) is 93.1 Å². The monoisotopic (exact) mass is 944 g/mol. The van der Waals surface area contributed by atoms with Gasteiger partial charge in [0.1, 0.15) is 29.5 Å². The predicted octanol–water partition coefficient (Wildman–Crippen LogP) is 5.14. The third-order valence-corrected chi connectivity index (χ3v) is 14.3. The van der Waals surface area contributed by atoms with Crippen LogP contribution in [0.1, 0.15) is 87.8 Å². The smallest absolute Gasteiger partial charge is 0.262 e. The molecule has 0 aliphatic carbocycles. The van der Waals surface area contributed by atoms with Crippen molar-refractivity contribution in [3.8, 4) is 17.0 Å². The molecular weight excluding hydrogens is 899 g/mol. The highest BCUT2D eigenvalue weighted by atomic mass is 32.1. The molecule has 0 spiro atoms. The normalized spacial score (nSPS) is 21.6. The van der Waals surface area contributed by atoms with E-state index in [0.717, 1.165) is 67.5 Å². The number of hydrogen-bond acceptors (Lipinski definition) is 14. The van der Waals surface area contributed by atoms with E-state index in [4.69, 9.17) is 0 Å². The van der Waals surface area contributed by atoms with Crippen molar-refractivity contribution in [3.05, 3.63) is 112 Å². The second-order valence-electron chi connectivity index (χ2n) is 18.1. The van der Waals surface area contributed by atoms with Crippen LogP contribution in [0.2, 0.25) is 0 Å². The van der Waals surface area contributed by atoms with Gasteiger partial charge in [-0.15, -0.1) is 21.5 Å². The number of aromatic nitrogens is 3. The molecule has 7 heterocycles. The van der Waals surface area contributed by atoms with Gasteiger partial charge in [0.25, 0.3) is 23.6 Å². The number of nitrogens with zero attached hydrogens (tertiary/aromatic N) is 8. The molecule has 68 heavy (non-hydrogen) atoms.